The maximum Gasteiger partial charge on any atom is 0.129 e. The van der Waals surface area contributed by atoms with Gasteiger partial charge in [-0.1, -0.05) is 0 Å². The van der Waals surface area contributed by atoms with E-state index >= 15 is 0 Å². The van der Waals surface area contributed by atoms with Crippen molar-refractivity contribution in [1.29, 1.82) is 0 Å². The van der Waals surface area contributed by atoms with Crippen LogP contribution in [0.2, 0.25) is 0 Å². The van der Waals surface area contributed by atoms with Crippen LogP contribution in [0.15, 0.2) is 34.5 Å². The van der Waals surface area contributed by atoms with E-state index in [1.165, 1.54) is 6.42 Å². The van der Waals surface area contributed by atoms with Crippen molar-refractivity contribution in [2.45, 2.75) is 57.0 Å². The van der Waals surface area contributed by atoms with Gasteiger partial charge in [-0.15, -0.1) is 11.8 Å². The Morgan fingerprint density at radius 3 is 2.89 bits per heavy atom. The Kier molecular flexibility index (Phi) is 6.27. The fourth-order valence-corrected chi connectivity index (χ4v) is 4.93. The van der Waals surface area contributed by atoms with Gasteiger partial charge in [0.2, 0.25) is 0 Å². The number of phenols is 1. The smallest absolute Gasteiger partial charge is 0.129 e. The van der Waals surface area contributed by atoms with Crippen LogP contribution in [0.4, 0.5) is 0 Å². The van der Waals surface area contributed by atoms with E-state index in [0.717, 1.165) is 47.7 Å². The van der Waals surface area contributed by atoms with Crippen LogP contribution in [-0.4, -0.2) is 40.9 Å². The first kappa shape index (κ1) is 20.0. The summed E-state index contributed by atoms with van der Waals surface area (Å²) in [4.78, 5) is 3.64. The fraction of sp³-hybridized carbons (Fsp3) is 0.524. The van der Waals surface area contributed by atoms with Gasteiger partial charge in [-0.3, -0.25) is 4.90 Å². The van der Waals surface area contributed by atoms with Gasteiger partial charge < -0.3 is 21.9 Å². The Morgan fingerprint density at radius 1 is 1.37 bits per heavy atom. The number of benzene rings is 1. The minimum atomic E-state index is 0.314. The number of nitrogens with two attached hydrogens (primary N) is 2. The number of likely N-dealkylation sites (tertiary alicyclic amines) is 1. The summed E-state index contributed by atoms with van der Waals surface area (Å²) in [7, 11) is 0. The molecule has 0 aromatic heterocycles. The molecular weight excluding hydrogens is 356 g/mol. The number of aromatic hydroxyl groups is 1. The van der Waals surface area contributed by atoms with Crippen LogP contribution in [0.3, 0.4) is 0 Å². The van der Waals surface area contributed by atoms with Gasteiger partial charge >= 0.3 is 0 Å². The highest BCUT2D eigenvalue weighted by Gasteiger charge is 2.22. The molecule has 0 radical (unpaired) electrons. The van der Waals surface area contributed by atoms with Gasteiger partial charge in [0, 0.05) is 46.1 Å². The SMILES string of the molecule is CC(/C=C(\N)NC1CCCN(C(C)C)C1)=C(/N)c1ccc2c(c1O)CCS2. The summed E-state index contributed by atoms with van der Waals surface area (Å²) in [6, 6.07) is 4.87. The summed E-state index contributed by atoms with van der Waals surface area (Å²) in [6.45, 7) is 8.56. The lowest BCUT2D eigenvalue weighted by Crippen LogP contribution is -2.48. The van der Waals surface area contributed by atoms with Crippen molar-refractivity contribution in [3.05, 3.63) is 40.7 Å². The van der Waals surface area contributed by atoms with Gasteiger partial charge in [-0.25, -0.2) is 0 Å². The molecule has 6 heteroatoms. The van der Waals surface area contributed by atoms with Crippen molar-refractivity contribution in [3.63, 3.8) is 0 Å². The molecule has 2 aliphatic heterocycles. The van der Waals surface area contributed by atoms with Gasteiger partial charge in [-0.05, 0) is 70.4 Å². The second kappa shape index (κ2) is 8.48. The van der Waals surface area contributed by atoms with Crippen molar-refractivity contribution >= 4 is 17.5 Å². The molecule has 1 saturated heterocycles. The summed E-state index contributed by atoms with van der Waals surface area (Å²) in [5, 5.41) is 14.0. The molecule has 2 aliphatic rings. The molecule has 0 saturated carbocycles. The minimum absolute atomic E-state index is 0.314. The predicted molar refractivity (Wildman–Crippen MR) is 114 cm³/mol. The van der Waals surface area contributed by atoms with E-state index in [4.69, 9.17) is 11.5 Å². The molecule has 6 N–H and O–H groups in total. The summed E-state index contributed by atoms with van der Waals surface area (Å²) in [5.41, 5.74) is 15.7. The van der Waals surface area contributed by atoms with Crippen molar-refractivity contribution < 1.29 is 5.11 Å². The summed E-state index contributed by atoms with van der Waals surface area (Å²) >= 11 is 1.78. The van der Waals surface area contributed by atoms with E-state index < -0.39 is 0 Å². The van der Waals surface area contributed by atoms with Crippen LogP contribution >= 0.6 is 11.8 Å². The third-order valence-electron chi connectivity index (χ3n) is 5.49. The molecule has 0 bridgehead atoms. The number of nitrogens with zero attached hydrogens (tertiary/aromatic N) is 1. The van der Waals surface area contributed by atoms with Crippen LogP contribution in [-0.2, 0) is 6.42 Å². The van der Waals surface area contributed by atoms with Gasteiger partial charge in [0.05, 0.1) is 5.82 Å². The van der Waals surface area contributed by atoms with E-state index in [9.17, 15) is 5.11 Å². The second-order valence-electron chi connectivity index (χ2n) is 7.81. The van der Waals surface area contributed by atoms with Gasteiger partial charge in [-0.2, -0.15) is 0 Å². The normalized spacial score (nSPS) is 21.9. The van der Waals surface area contributed by atoms with Crippen LogP contribution in [0.1, 0.15) is 44.7 Å². The number of fused-ring (bicyclic) bond motifs is 1. The number of thioether (sulfide) groups is 1. The molecule has 0 aliphatic carbocycles. The fourth-order valence-electron chi connectivity index (χ4n) is 3.87. The van der Waals surface area contributed by atoms with Crippen LogP contribution < -0.4 is 16.8 Å². The van der Waals surface area contributed by atoms with Gasteiger partial charge in [0.15, 0.2) is 0 Å². The van der Waals surface area contributed by atoms with E-state index in [0.29, 0.717) is 34.9 Å². The largest absolute Gasteiger partial charge is 0.507 e. The molecule has 148 valence electrons. The highest BCUT2D eigenvalue weighted by molar-refractivity contribution is 7.99. The predicted octanol–water partition coefficient (Wildman–Crippen LogP) is 2.99. The van der Waals surface area contributed by atoms with Crippen molar-refractivity contribution in [3.8, 4) is 5.75 Å². The lowest BCUT2D eigenvalue weighted by molar-refractivity contribution is 0.158. The van der Waals surface area contributed by atoms with Crippen LogP contribution in [0.25, 0.3) is 5.70 Å². The van der Waals surface area contributed by atoms with E-state index in [1.807, 2.05) is 19.1 Å². The highest BCUT2D eigenvalue weighted by Crippen LogP contribution is 2.40. The maximum absolute atomic E-state index is 10.6. The zero-order valence-corrected chi connectivity index (χ0v) is 17.4. The van der Waals surface area contributed by atoms with E-state index in [-0.39, 0.29) is 0 Å². The Hall–Kier alpha value is -1.79. The Morgan fingerprint density at radius 2 is 2.15 bits per heavy atom. The molecule has 1 fully saturated rings. The Bertz CT molecular complexity index is 757. The number of hydrogen-bond acceptors (Lipinski definition) is 6. The number of phenolic OH excluding ortho intramolecular Hbond substituents is 1. The first-order valence-corrected chi connectivity index (χ1v) is 10.8. The van der Waals surface area contributed by atoms with Crippen molar-refractivity contribution in [1.82, 2.24) is 10.2 Å². The molecule has 1 aromatic rings. The second-order valence-corrected chi connectivity index (χ2v) is 8.94. The summed E-state index contributed by atoms with van der Waals surface area (Å²) in [5.74, 6) is 1.96. The molecule has 0 amide bonds. The lowest BCUT2D eigenvalue weighted by Gasteiger charge is -2.36. The van der Waals surface area contributed by atoms with Gasteiger partial charge in [0.1, 0.15) is 5.75 Å². The molecular formula is C21H32N4OS. The Labute approximate surface area is 166 Å². The average molecular weight is 389 g/mol. The zero-order valence-electron chi connectivity index (χ0n) is 16.6. The molecule has 1 atom stereocenters. The van der Waals surface area contributed by atoms with Crippen molar-refractivity contribution in [2.75, 3.05) is 18.8 Å². The van der Waals surface area contributed by atoms with Crippen LogP contribution in [0.5, 0.6) is 5.75 Å². The number of piperidine rings is 1. The molecule has 0 spiro atoms. The standard InChI is InChI=1S/C21H32N4OS/c1-13(2)25-9-4-5-15(12-25)24-19(22)11-14(3)20(23)17-6-7-18-16(21(17)26)8-10-27-18/h6-7,11,13,15,24,26H,4-5,8-10,12,22-23H2,1-3H3/b19-11+,20-14-. The number of allylic oxidation sites excluding steroid dienone is 2. The minimum Gasteiger partial charge on any atom is -0.507 e. The molecule has 5 nitrogen and oxygen atoms in total. The van der Waals surface area contributed by atoms with Crippen LogP contribution in [0, 0.1) is 0 Å². The molecule has 27 heavy (non-hydrogen) atoms. The molecule has 1 unspecified atom stereocenters. The number of rotatable bonds is 5. The monoisotopic (exact) mass is 388 g/mol. The first-order valence-electron chi connectivity index (χ1n) is 9.79. The molecule has 3 rings (SSSR count). The first-order chi connectivity index (χ1) is 12.9. The molecule has 1 aromatic carbocycles. The lowest BCUT2D eigenvalue weighted by atomic mass is 10.0. The van der Waals surface area contributed by atoms with Crippen molar-refractivity contribution in [2.24, 2.45) is 11.5 Å². The maximum atomic E-state index is 10.6. The third kappa shape index (κ3) is 4.55. The average Bonchev–Trinajstić information content (AvgIpc) is 3.11. The third-order valence-corrected chi connectivity index (χ3v) is 6.59. The number of nitrogens with one attached hydrogen (secondary N) is 1. The Balaban J connectivity index is 1.73. The summed E-state index contributed by atoms with van der Waals surface area (Å²) < 4.78 is 0. The van der Waals surface area contributed by atoms with E-state index in [2.05, 4.69) is 30.1 Å². The number of hydrogen-bond donors (Lipinski definition) is 4. The zero-order chi connectivity index (χ0) is 19.6. The topological polar surface area (TPSA) is 87.5 Å². The quantitative estimate of drug-likeness (QED) is 0.580. The summed E-state index contributed by atoms with van der Waals surface area (Å²) in [6.07, 6.45) is 5.07. The van der Waals surface area contributed by atoms with E-state index in [1.54, 1.807) is 11.8 Å². The highest BCUT2D eigenvalue weighted by atomic mass is 32.2. The molecule has 2 heterocycles. The van der Waals surface area contributed by atoms with Gasteiger partial charge in [0.25, 0.3) is 0 Å².